The van der Waals surface area contributed by atoms with Crippen LogP contribution < -0.4 is 0 Å². The highest BCUT2D eigenvalue weighted by Crippen LogP contribution is 2.28. The molecule has 0 amide bonds. The van der Waals surface area contributed by atoms with Gasteiger partial charge in [-0.15, -0.1) is 0 Å². The number of carbonyl (C=O) groups is 1. The summed E-state index contributed by atoms with van der Waals surface area (Å²) < 4.78 is 0. The van der Waals surface area contributed by atoms with Crippen LogP contribution in [0.2, 0.25) is 0 Å². The van der Waals surface area contributed by atoms with Gasteiger partial charge in [0.25, 0.3) is 0 Å². The van der Waals surface area contributed by atoms with Crippen molar-refractivity contribution in [3.05, 3.63) is 76.9 Å². The summed E-state index contributed by atoms with van der Waals surface area (Å²) in [6.07, 6.45) is 6.25. The first-order valence-electron chi connectivity index (χ1n) is 7.23. The van der Waals surface area contributed by atoms with Crippen LogP contribution >= 0.6 is 0 Å². The molecular weight excluding hydrogens is 272 g/mol. The lowest BCUT2D eigenvalue weighted by Gasteiger charge is -2.11. The SMILES string of the molecule is Cc1cc(C)c(-c2ccc(/C=C/C=C/C(=O)O)cc2)c(C)c1. The molecule has 2 aromatic carbocycles. The first kappa shape index (κ1) is 15.8. The van der Waals surface area contributed by atoms with Crippen molar-refractivity contribution in [1.82, 2.24) is 0 Å². The van der Waals surface area contributed by atoms with Crippen LogP contribution in [0.15, 0.2) is 54.6 Å². The fourth-order valence-electron chi connectivity index (χ4n) is 2.70. The van der Waals surface area contributed by atoms with Gasteiger partial charge in [-0.1, -0.05) is 60.2 Å². The number of carboxylic acids is 1. The normalized spacial score (nSPS) is 11.4. The molecule has 0 radical (unpaired) electrons. The third-order valence-corrected chi connectivity index (χ3v) is 3.51. The summed E-state index contributed by atoms with van der Waals surface area (Å²) >= 11 is 0. The number of carboxylic acid groups (broad SMARTS) is 1. The number of aryl methyl sites for hydroxylation is 3. The van der Waals surface area contributed by atoms with Gasteiger partial charge in [0.2, 0.25) is 0 Å². The van der Waals surface area contributed by atoms with Gasteiger partial charge in [-0.25, -0.2) is 4.79 Å². The third-order valence-electron chi connectivity index (χ3n) is 3.51. The van der Waals surface area contributed by atoms with Gasteiger partial charge in [-0.05, 0) is 48.6 Å². The molecule has 0 aliphatic carbocycles. The molecule has 2 rings (SSSR count). The monoisotopic (exact) mass is 292 g/mol. The maximum Gasteiger partial charge on any atom is 0.328 e. The quantitative estimate of drug-likeness (QED) is 0.640. The molecule has 0 bridgehead atoms. The first-order chi connectivity index (χ1) is 10.5. The average molecular weight is 292 g/mol. The molecule has 0 heterocycles. The van der Waals surface area contributed by atoms with Crippen molar-refractivity contribution in [3.8, 4) is 11.1 Å². The molecule has 2 heteroatoms. The summed E-state index contributed by atoms with van der Waals surface area (Å²) in [5.74, 6) is -0.940. The Morgan fingerprint density at radius 3 is 2.09 bits per heavy atom. The van der Waals surface area contributed by atoms with Crippen molar-refractivity contribution in [2.75, 3.05) is 0 Å². The molecule has 0 fully saturated rings. The van der Waals surface area contributed by atoms with Crippen LogP contribution in [-0.2, 0) is 4.79 Å². The number of allylic oxidation sites excluding steroid dienone is 2. The lowest BCUT2D eigenvalue weighted by molar-refractivity contribution is -0.131. The molecule has 0 spiro atoms. The summed E-state index contributed by atoms with van der Waals surface area (Å²) in [7, 11) is 0. The van der Waals surface area contributed by atoms with Gasteiger partial charge in [-0.3, -0.25) is 0 Å². The minimum Gasteiger partial charge on any atom is -0.478 e. The fourth-order valence-corrected chi connectivity index (χ4v) is 2.70. The summed E-state index contributed by atoms with van der Waals surface area (Å²) in [5, 5.41) is 8.52. The number of benzene rings is 2. The van der Waals surface area contributed by atoms with E-state index in [4.69, 9.17) is 5.11 Å². The molecule has 0 unspecified atom stereocenters. The summed E-state index contributed by atoms with van der Waals surface area (Å²) in [6.45, 7) is 6.39. The van der Waals surface area contributed by atoms with E-state index in [-0.39, 0.29) is 0 Å². The van der Waals surface area contributed by atoms with Crippen molar-refractivity contribution in [2.24, 2.45) is 0 Å². The predicted molar refractivity (Wildman–Crippen MR) is 91.9 cm³/mol. The van der Waals surface area contributed by atoms with E-state index in [0.29, 0.717) is 0 Å². The van der Waals surface area contributed by atoms with E-state index < -0.39 is 5.97 Å². The van der Waals surface area contributed by atoms with E-state index >= 15 is 0 Å². The molecule has 0 saturated carbocycles. The highest BCUT2D eigenvalue weighted by Gasteiger charge is 2.06. The lowest BCUT2D eigenvalue weighted by atomic mass is 9.93. The summed E-state index contributed by atoms with van der Waals surface area (Å²) in [5.41, 5.74) is 7.38. The van der Waals surface area contributed by atoms with E-state index in [1.165, 1.54) is 33.9 Å². The van der Waals surface area contributed by atoms with Crippen LogP contribution in [0.3, 0.4) is 0 Å². The van der Waals surface area contributed by atoms with Gasteiger partial charge >= 0.3 is 5.97 Å². The number of hydrogen-bond donors (Lipinski definition) is 1. The molecule has 0 aliphatic heterocycles. The van der Waals surface area contributed by atoms with Crippen LogP contribution in [0.1, 0.15) is 22.3 Å². The molecule has 0 atom stereocenters. The highest BCUT2D eigenvalue weighted by molar-refractivity contribution is 5.80. The predicted octanol–water partition coefficient (Wildman–Crippen LogP) is 4.93. The zero-order chi connectivity index (χ0) is 16.1. The molecule has 2 nitrogen and oxygen atoms in total. The molecule has 0 aliphatic rings. The van der Waals surface area contributed by atoms with Crippen LogP contribution in [0.25, 0.3) is 17.2 Å². The Bertz CT molecular complexity index is 712. The molecule has 0 aromatic heterocycles. The van der Waals surface area contributed by atoms with Crippen LogP contribution in [0, 0.1) is 20.8 Å². The molecule has 112 valence electrons. The Morgan fingerprint density at radius 2 is 1.55 bits per heavy atom. The summed E-state index contributed by atoms with van der Waals surface area (Å²) in [4.78, 5) is 10.4. The first-order valence-corrected chi connectivity index (χ1v) is 7.23. The zero-order valence-corrected chi connectivity index (χ0v) is 13.1. The summed E-state index contributed by atoms with van der Waals surface area (Å²) in [6, 6.07) is 12.7. The van der Waals surface area contributed by atoms with Gasteiger partial charge in [0.05, 0.1) is 0 Å². The van der Waals surface area contributed by atoms with Gasteiger partial charge in [0, 0.05) is 6.08 Å². The van der Waals surface area contributed by atoms with E-state index in [0.717, 1.165) is 11.6 Å². The molecule has 22 heavy (non-hydrogen) atoms. The van der Waals surface area contributed by atoms with Gasteiger partial charge < -0.3 is 5.11 Å². The van der Waals surface area contributed by atoms with Crippen molar-refractivity contribution < 1.29 is 9.90 Å². The minimum absolute atomic E-state index is 0.940. The van der Waals surface area contributed by atoms with Crippen molar-refractivity contribution in [1.29, 1.82) is 0 Å². The van der Waals surface area contributed by atoms with Crippen LogP contribution in [0.4, 0.5) is 0 Å². The van der Waals surface area contributed by atoms with Crippen LogP contribution in [0.5, 0.6) is 0 Å². The lowest BCUT2D eigenvalue weighted by Crippen LogP contribution is -1.90. The zero-order valence-electron chi connectivity index (χ0n) is 13.1. The number of aliphatic carboxylic acids is 1. The van der Waals surface area contributed by atoms with E-state index in [1.807, 2.05) is 18.2 Å². The molecular formula is C20H20O2. The number of hydrogen-bond acceptors (Lipinski definition) is 1. The minimum atomic E-state index is -0.940. The standard InChI is InChI=1S/C20H20O2/c1-14-12-15(2)20(16(3)13-14)18-10-8-17(9-11-18)6-4-5-7-19(21)22/h4-13H,1-3H3,(H,21,22)/b6-4+,7-5+. The second-order valence-electron chi connectivity index (χ2n) is 5.45. The van der Waals surface area contributed by atoms with Crippen molar-refractivity contribution in [2.45, 2.75) is 20.8 Å². The van der Waals surface area contributed by atoms with Gasteiger partial charge in [0.1, 0.15) is 0 Å². The van der Waals surface area contributed by atoms with Gasteiger partial charge in [0.15, 0.2) is 0 Å². The highest BCUT2D eigenvalue weighted by atomic mass is 16.4. The maximum atomic E-state index is 10.4. The Hall–Kier alpha value is -2.61. The third kappa shape index (κ3) is 3.95. The topological polar surface area (TPSA) is 37.3 Å². The average Bonchev–Trinajstić information content (AvgIpc) is 2.44. The van der Waals surface area contributed by atoms with Crippen molar-refractivity contribution >= 4 is 12.0 Å². The maximum absolute atomic E-state index is 10.4. The largest absolute Gasteiger partial charge is 0.478 e. The Kier molecular flexibility index (Phi) is 4.95. The second kappa shape index (κ2) is 6.90. The van der Waals surface area contributed by atoms with Gasteiger partial charge in [-0.2, -0.15) is 0 Å². The Morgan fingerprint density at radius 1 is 0.955 bits per heavy atom. The number of rotatable bonds is 4. The van der Waals surface area contributed by atoms with E-state index in [9.17, 15) is 4.79 Å². The molecule has 1 N–H and O–H groups in total. The Balaban J connectivity index is 2.24. The van der Waals surface area contributed by atoms with E-state index in [2.05, 4.69) is 45.0 Å². The second-order valence-corrected chi connectivity index (χ2v) is 5.45. The molecule has 0 saturated heterocycles. The smallest absolute Gasteiger partial charge is 0.328 e. The van der Waals surface area contributed by atoms with Crippen molar-refractivity contribution in [3.63, 3.8) is 0 Å². The fraction of sp³-hybridized carbons (Fsp3) is 0.150. The van der Waals surface area contributed by atoms with Crippen LogP contribution in [-0.4, -0.2) is 11.1 Å². The Labute approximate surface area is 131 Å². The molecule has 2 aromatic rings. The van der Waals surface area contributed by atoms with E-state index in [1.54, 1.807) is 6.08 Å².